The molecule has 0 N–H and O–H groups in total. The number of carbonyl (C=O) groups is 3. The van der Waals surface area contributed by atoms with Crippen LogP contribution < -0.4 is 0 Å². The van der Waals surface area contributed by atoms with Crippen LogP contribution in [-0.2, 0) is 11.8 Å². The first-order valence-corrected chi connectivity index (χ1v) is 10.6. The van der Waals surface area contributed by atoms with Crippen LogP contribution in [0.5, 0.6) is 0 Å². The van der Waals surface area contributed by atoms with Crippen LogP contribution in [0.4, 0.5) is 4.39 Å². The number of halogens is 1. The number of hydrogen-bond acceptors (Lipinski definition) is 4. The van der Waals surface area contributed by atoms with Gasteiger partial charge in [0.05, 0.1) is 13.7 Å². The van der Waals surface area contributed by atoms with Crippen molar-refractivity contribution in [2.75, 3.05) is 13.7 Å². The molecular weight excluding hydrogens is 399 g/mol. The molecule has 0 atom stereocenters. The van der Waals surface area contributed by atoms with E-state index in [1.54, 1.807) is 30.4 Å². The van der Waals surface area contributed by atoms with Crippen molar-refractivity contribution in [3.8, 4) is 0 Å². The minimum atomic E-state index is -0.506. The Balaban J connectivity index is 1.94. The van der Waals surface area contributed by atoms with Gasteiger partial charge < -0.3 is 14.2 Å². The van der Waals surface area contributed by atoms with Crippen LogP contribution in [0.2, 0.25) is 0 Å². The molecule has 2 aromatic rings. The SMILES string of the molecule is COC(=O)c1c(C)c(C(=O)CN(C(=O)c2ccc(F)cc2)C2CCCCC2)c(C)n1C. The van der Waals surface area contributed by atoms with Crippen molar-refractivity contribution in [2.45, 2.75) is 52.0 Å². The third-order valence-corrected chi connectivity index (χ3v) is 6.27. The summed E-state index contributed by atoms with van der Waals surface area (Å²) in [5.74, 6) is -1.42. The Bertz CT molecular complexity index is 988. The first kappa shape index (κ1) is 22.7. The summed E-state index contributed by atoms with van der Waals surface area (Å²) in [6.45, 7) is 3.41. The highest BCUT2D eigenvalue weighted by atomic mass is 19.1. The molecule has 1 fully saturated rings. The fraction of sp³-hybridized carbons (Fsp3) is 0.458. The minimum absolute atomic E-state index is 0.0420. The van der Waals surface area contributed by atoms with Gasteiger partial charge in [-0.3, -0.25) is 9.59 Å². The molecular formula is C24H29FN2O4. The molecule has 7 heteroatoms. The van der Waals surface area contributed by atoms with Crippen molar-refractivity contribution in [2.24, 2.45) is 7.05 Å². The zero-order chi connectivity index (χ0) is 22.7. The van der Waals surface area contributed by atoms with E-state index in [1.165, 1.54) is 31.4 Å². The second-order valence-corrected chi connectivity index (χ2v) is 8.14. The molecule has 1 aliphatic carbocycles. The highest BCUT2D eigenvalue weighted by Gasteiger charge is 2.31. The Morgan fingerprint density at radius 1 is 1.10 bits per heavy atom. The predicted octanol–water partition coefficient (Wildman–Crippen LogP) is 4.23. The highest BCUT2D eigenvalue weighted by Crippen LogP contribution is 2.27. The van der Waals surface area contributed by atoms with Crippen LogP contribution in [0.15, 0.2) is 24.3 Å². The number of nitrogens with zero attached hydrogens (tertiary/aromatic N) is 2. The number of esters is 1. The van der Waals surface area contributed by atoms with Crippen LogP contribution in [-0.4, -0.2) is 46.8 Å². The summed E-state index contributed by atoms with van der Waals surface area (Å²) < 4.78 is 19.9. The number of carbonyl (C=O) groups excluding carboxylic acids is 3. The number of benzene rings is 1. The third kappa shape index (κ3) is 4.55. The van der Waals surface area contributed by atoms with Crippen molar-refractivity contribution >= 4 is 17.7 Å². The number of ketones is 1. The fourth-order valence-corrected chi connectivity index (χ4v) is 4.53. The Morgan fingerprint density at radius 2 is 1.71 bits per heavy atom. The molecule has 1 aromatic carbocycles. The summed E-state index contributed by atoms with van der Waals surface area (Å²) in [5.41, 5.74) is 2.33. The number of methoxy groups -OCH3 is 1. The van der Waals surface area contributed by atoms with E-state index in [2.05, 4.69) is 0 Å². The van der Waals surface area contributed by atoms with E-state index in [-0.39, 0.29) is 24.3 Å². The molecule has 1 aromatic heterocycles. The molecule has 31 heavy (non-hydrogen) atoms. The largest absolute Gasteiger partial charge is 0.464 e. The zero-order valence-electron chi connectivity index (χ0n) is 18.5. The van der Waals surface area contributed by atoms with E-state index in [9.17, 15) is 18.8 Å². The molecule has 0 bridgehead atoms. The predicted molar refractivity (Wildman–Crippen MR) is 115 cm³/mol. The molecule has 1 saturated carbocycles. The first-order chi connectivity index (χ1) is 14.8. The number of aromatic nitrogens is 1. The van der Waals surface area contributed by atoms with Gasteiger partial charge in [-0.15, -0.1) is 0 Å². The fourth-order valence-electron chi connectivity index (χ4n) is 4.53. The molecule has 166 valence electrons. The molecule has 0 saturated heterocycles. The summed E-state index contributed by atoms with van der Waals surface area (Å²) >= 11 is 0. The Labute approximate surface area is 182 Å². The molecule has 0 radical (unpaired) electrons. The Hall–Kier alpha value is -2.96. The van der Waals surface area contributed by atoms with Crippen LogP contribution in [0, 0.1) is 19.7 Å². The van der Waals surface area contributed by atoms with Gasteiger partial charge in [-0.05, 0) is 56.5 Å². The van der Waals surface area contributed by atoms with Gasteiger partial charge in [0.25, 0.3) is 5.91 Å². The van der Waals surface area contributed by atoms with Gasteiger partial charge in [-0.1, -0.05) is 19.3 Å². The van der Waals surface area contributed by atoms with Gasteiger partial charge in [0, 0.05) is 29.9 Å². The molecule has 3 rings (SSSR count). The zero-order valence-corrected chi connectivity index (χ0v) is 18.5. The van der Waals surface area contributed by atoms with E-state index in [0.717, 1.165) is 32.1 Å². The third-order valence-electron chi connectivity index (χ3n) is 6.27. The van der Waals surface area contributed by atoms with Gasteiger partial charge in [0.1, 0.15) is 11.5 Å². The van der Waals surface area contributed by atoms with Crippen molar-refractivity contribution < 1.29 is 23.5 Å². The molecule has 0 aliphatic heterocycles. The Morgan fingerprint density at radius 3 is 2.29 bits per heavy atom. The van der Waals surface area contributed by atoms with Crippen LogP contribution >= 0.6 is 0 Å². The van der Waals surface area contributed by atoms with Crippen LogP contribution in [0.25, 0.3) is 0 Å². The maximum Gasteiger partial charge on any atom is 0.354 e. The molecule has 6 nitrogen and oxygen atoms in total. The lowest BCUT2D eigenvalue weighted by atomic mass is 9.93. The summed E-state index contributed by atoms with van der Waals surface area (Å²) in [6, 6.07) is 5.36. The summed E-state index contributed by atoms with van der Waals surface area (Å²) in [4.78, 5) is 40.5. The number of rotatable bonds is 6. The standard InChI is InChI=1S/C24H29FN2O4/c1-15-21(16(2)26(3)22(15)24(30)31-4)20(28)14-27(19-8-6-5-7-9-19)23(29)17-10-12-18(25)13-11-17/h10-13,19H,5-9,14H2,1-4H3. The van der Waals surface area contributed by atoms with Gasteiger partial charge in [-0.2, -0.15) is 0 Å². The molecule has 1 amide bonds. The van der Waals surface area contributed by atoms with Crippen molar-refractivity contribution in [1.82, 2.24) is 9.47 Å². The molecule has 0 unspecified atom stereocenters. The average molecular weight is 429 g/mol. The quantitative estimate of drug-likeness (QED) is 0.510. The van der Waals surface area contributed by atoms with Gasteiger partial charge >= 0.3 is 5.97 Å². The van der Waals surface area contributed by atoms with Crippen LogP contribution in [0.1, 0.15) is 74.6 Å². The lowest BCUT2D eigenvalue weighted by Gasteiger charge is -2.34. The minimum Gasteiger partial charge on any atom is -0.464 e. The Kier molecular flexibility index (Phi) is 6.93. The second-order valence-electron chi connectivity index (χ2n) is 8.14. The monoisotopic (exact) mass is 428 g/mol. The van der Waals surface area contributed by atoms with Gasteiger partial charge in [0.2, 0.25) is 0 Å². The second kappa shape index (κ2) is 9.45. The summed E-state index contributed by atoms with van der Waals surface area (Å²) in [7, 11) is 3.02. The lowest BCUT2D eigenvalue weighted by molar-refractivity contribution is 0.0585. The van der Waals surface area contributed by atoms with E-state index in [1.807, 2.05) is 0 Å². The number of amides is 1. The number of hydrogen-bond donors (Lipinski definition) is 0. The molecule has 0 spiro atoms. The van der Waals surface area contributed by atoms with Crippen LogP contribution in [0.3, 0.4) is 0 Å². The van der Waals surface area contributed by atoms with Crippen molar-refractivity contribution in [3.05, 3.63) is 58.2 Å². The molecule has 1 aliphatic rings. The van der Waals surface area contributed by atoms with Crippen molar-refractivity contribution in [3.63, 3.8) is 0 Å². The lowest BCUT2D eigenvalue weighted by Crippen LogP contribution is -2.44. The van der Waals surface area contributed by atoms with E-state index in [0.29, 0.717) is 28.1 Å². The number of Topliss-reactive ketones (excluding diaryl/α,β-unsaturated/α-hetero) is 1. The summed E-state index contributed by atoms with van der Waals surface area (Å²) in [5, 5.41) is 0. The highest BCUT2D eigenvalue weighted by molar-refractivity contribution is 6.06. The number of ether oxygens (including phenoxy) is 1. The average Bonchev–Trinajstić information content (AvgIpc) is 3.00. The normalized spacial score (nSPS) is 14.4. The smallest absolute Gasteiger partial charge is 0.354 e. The van der Waals surface area contributed by atoms with E-state index in [4.69, 9.17) is 4.74 Å². The van der Waals surface area contributed by atoms with Gasteiger partial charge in [0.15, 0.2) is 5.78 Å². The summed E-state index contributed by atoms with van der Waals surface area (Å²) in [6.07, 6.45) is 4.78. The maximum atomic E-state index is 13.4. The molecule has 1 heterocycles. The van der Waals surface area contributed by atoms with Gasteiger partial charge in [-0.25, -0.2) is 9.18 Å². The van der Waals surface area contributed by atoms with E-state index >= 15 is 0 Å². The van der Waals surface area contributed by atoms with Crippen molar-refractivity contribution in [1.29, 1.82) is 0 Å². The topological polar surface area (TPSA) is 68.6 Å². The first-order valence-electron chi connectivity index (χ1n) is 10.6. The van der Waals surface area contributed by atoms with E-state index < -0.39 is 11.8 Å². The maximum absolute atomic E-state index is 13.4.